The molecule has 1 rings (SSSR count). The molecule has 1 unspecified atom stereocenters. The van der Waals surface area contributed by atoms with Gasteiger partial charge in [-0.05, 0) is 20.4 Å². The van der Waals surface area contributed by atoms with Gasteiger partial charge in [-0.15, -0.1) is 11.3 Å². The number of carbonyl (C=O) groups excluding carboxylic acids is 1. The van der Waals surface area contributed by atoms with Crippen LogP contribution in [0.1, 0.15) is 28.8 Å². The van der Waals surface area contributed by atoms with E-state index in [1.165, 1.54) is 11.3 Å². The minimum atomic E-state index is -0.368. The van der Waals surface area contributed by atoms with E-state index in [9.17, 15) is 4.79 Å². The fourth-order valence-corrected chi connectivity index (χ4v) is 2.02. The van der Waals surface area contributed by atoms with Gasteiger partial charge in [-0.3, -0.25) is 10.2 Å². The highest BCUT2D eigenvalue weighted by molar-refractivity contribution is 7.11. The van der Waals surface area contributed by atoms with Gasteiger partial charge in [0.2, 0.25) is 0 Å². The molecule has 0 saturated heterocycles. The molecule has 0 saturated carbocycles. The standard InChI is InChI=1S/C10H18N4O2S/c1-7(15)3-4-14(2)5-8-6-17-10(12-8)9(16)13-11/h6-7,15H,3-5,11H2,1-2H3,(H,13,16). The monoisotopic (exact) mass is 258 g/mol. The number of nitrogens with zero attached hydrogens (tertiary/aromatic N) is 2. The van der Waals surface area contributed by atoms with Crippen LogP contribution in [0.3, 0.4) is 0 Å². The number of hydrogen-bond acceptors (Lipinski definition) is 6. The average molecular weight is 258 g/mol. The number of thiazole rings is 1. The average Bonchev–Trinajstić information content (AvgIpc) is 2.73. The van der Waals surface area contributed by atoms with Crippen molar-refractivity contribution in [3.8, 4) is 0 Å². The molecule has 0 aromatic carbocycles. The second kappa shape index (κ2) is 6.65. The molecular formula is C10H18N4O2S. The zero-order valence-corrected chi connectivity index (χ0v) is 10.8. The van der Waals surface area contributed by atoms with Gasteiger partial charge in [0.25, 0.3) is 5.91 Å². The molecule has 1 heterocycles. The molecule has 0 bridgehead atoms. The molecule has 0 aliphatic heterocycles. The van der Waals surface area contributed by atoms with Crippen molar-refractivity contribution in [3.05, 3.63) is 16.1 Å². The number of hydrogen-bond donors (Lipinski definition) is 3. The Kier molecular flexibility index (Phi) is 5.49. The summed E-state index contributed by atoms with van der Waals surface area (Å²) < 4.78 is 0. The van der Waals surface area contributed by atoms with Crippen LogP contribution in [0.25, 0.3) is 0 Å². The van der Waals surface area contributed by atoms with Gasteiger partial charge in [0.15, 0.2) is 5.01 Å². The predicted molar refractivity (Wildman–Crippen MR) is 66.4 cm³/mol. The SMILES string of the molecule is CC(O)CCN(C)Cc1csc(C(=O)NN)n1. The number of hydrazine groups is 1. The van der Waals surface area contributed by atoms with Crippen LogP contribution in [-0.2, 0) is 6.54 Å². The van der Waals surface area contributed by atoms with Gasteiger partial charge in [-0.1, -0.05) is 0 Å². The lowest BCUT2D eigenvalue weighted by atomic mass is 10.3. The Morgan fingerprint density at radius 1 is 1.76 bits per heavy atom. The van der Waals surface area contributed by atoms with E-state index < -0.39 is 0 Å². The van der Waals surface area contributed by atoms with E-state index in [2.05, 4.69) is 10.4 Å². The maximum absolute atomic E-state index is 11.2. The molecule has 0 radical (unpaired) electrons. The summed E-state index contributed by atoms with van der Waals surface area (Å²) in [5.41, 5.74) is 2.89. The molecule has 17 heavy (non-hydrogen) atoms. The van der Waals surface area contributed by atoms with Crippen molar-refractivity contribution in [3.63, 3.8) is 0 Å². The van der Waals surface area contributed by atoms with Gasteiger partial charge in [-0.2, -0.15) is 0 Å². The number of aliphatic hydroxyl groups is 1. The molecule has 6 nitrogen and oxygen atoms in total. The van der Waals surface area contributed by atoms with Gasteiger partial charge in [0.05, 0.1) is 11.8 Å². The highest BCUT2D eigenvalue weighted by Gasteiger charge is 2.10. The third kappa shape index (κ3) is 4.78. The fourth-order valence-electron chi connectivity index (χ4n) is 1.31. The van der Waals surface area contributed by atoms with Crippen LogP contribution in [0, 0.1) is 0 Å². The number of aliphatic hydroxyl groups excluding tert-OH is 1. The number of nitrogens with two attached hydrogens (primary N) is 1. The lowest BCUT2D eigenvalue weighted by molar-refractivity contribution is 0.0953. The van der Waals surface area contributed by atoms with Crippen LogP contribution < -0.4 is 11.3 Å². The molecule has 0 aliphatic rings. The van der Waals surface area contributed by atoms with Crippen molar-refractivity contribution in [2.45, 2.75) is 26.0 Å². The Morgan fingerprint density at radius 2 is 2.47 bits per heavy atom. The van der Waals surface area contributed by atoms with Crippen molar-refractivity contribution in [1.82, 2.24) is 15.3 Å². The Labute approximate surface area is 104 Å². The van der Waals surface area contributed by atoms with Crippen molar-refractivity contribution in [2.75, 3.05) is 13.6 Å². The fraction of sp³-hybridized carbons (Fsp3) is 0.600. The topological polar surface area (TPSA) is 91.5 Å². The van der Waals surface area contributed by atoms with Gasteiger partial charge < -0.3 is 10.0 Å². The first-order valence-corrected chi connectivity index (χ1v) is 6.23. The second-order valence-corrected chi connectivity index (χ2v) is 4.85. The molecule has 0 aliphatic carbocycles. The number of nitrogens with one attached hydrogen (secondary N) is 1. The minimum absolute atomic E-state index is 0.300. The lowest BCUT2D eigenvalue weighted by Crippen LogP contribution is -2.30. The van der Waals surface area contributed by atoms with Gasteiger partial charge in [0.1, 0.15) is 0 Å². The van der Waals surface area contributed by atoms with Crippen molar-refractivity contribution in [1.29, 1.82) is 0 Å². The number of rotatable bonds is 6. The van der Waals surface area contributed by atoms with Crippen LogP contribution in [-0.4, -0.2) is 40.6 Å². The summed E-state index contributed by atoms with van der Waals surface area (Å²) in [6.45, 7) is 3.20. The zero-order valence-electron chi connectivity index (χ0n) is 10.0. The quantitative estimate of drug-likeness (QED) is 0.378. The second-order valence-electron chi connectivity index (χ2n) is 3.99. The van der Waals surface area contributed by atoms with Crippen molar-refractivity contribution < 1.29 is 9.90 Å². The normalized spacial score (nSPS) is 12.8. The summed E-state index contributed by atoms with van der Waals surface area (Å²) in [6.07, 6.45) is 0.419. The Balaban J connectivity index is 2.46. The Bertz CT molecular complexity index is 367. The Hall–Kier alpha value is -1.02. The number of aromatic nitrogens is 1. The van der Waals surface area contributed by atoms with E-state index in [1.807, 2.05) is 17.3 Å². The maximum atomic E-state index is 11.2. The van der Waals surface area contributed by atoms with E-state index in [1.54, 1.807) is 6.92 Å². The predicted octanol–water partition coefficient (Wildman–Crippen LogP) is -0.0507. The number of carbonyl (C=O) groups is 1. The van der Waals surface area contributed by atoms with Crippen LogP contribution in [0.5, 0.6) is 0 Å². The van der Waals surface area contributed by atoms with Crippen molar-refractivity contribution in [2.24, 2.45) is 5.84 Å². The smallest absolute Gasteiger partial charge is 0.294 e. The summed E-state index contributed by atoms with van der Waals surface area (Å²) in [4.78, 5) is 17.4. The summed E-state index contributed by atoms with van der Waals surface area (Å²) in [7, 11) is 1.95. The molecule has 4 N–H and O–H groups in total. The first-order chi connectivity index (χ1) is 8.02. The Morgan fingerprint density at radius 3 is 3.06 bits per heavy atom. The molecule has 1 atom stereocenters. The highest BCUT2D eigenvalue weighted by atomic mass is 32.1. The summed E-state index contributed by atoms with van der Waals surface area (Å²) in [6, 6.07) is 0. The van der Waals surface area contributed by atoms with E-state index in [4.69, 9.17) is 10.9 Å². The number of amides is 1. The first-order valence-electron chi connectivity index (χ1n) is 5.35. The van der Waals surface area contributed by atoms with Crippen LogP contribution in [0.4, 0.5) is 0 Å². The molecule has 1 aromatic heterocycles. The van der Waals surface area contributed by atoms with Crippen molar-refractivity contribution >= 4 is 17.2 Å². The third-order valence-electron chi connectivity index (χ3n) is 2.24. The number of nitrogen functional groups attached to an aromatic ring is 1. The largest absolute Gasteiger partial charge is 0.393 e. The molecule has 0 fully saturated rings. The molecule has 0 spiro atoms. The van der Waals surface area contributed by atoms with E-state index in [0.717, 1.165) is 18.7 Å². The molecule has 1 amide bonds. The van der Waals surface area contributed by atoms with Gasteiger partial charge >= 0.3 is 0 Å². The molecule has 1 aromatic rings. The van der Waals surface area contributed by atoms with Gasteiger partial charge in [-0.25, -0.2) is 10.8 Å². The zero-order chi connectivity index (χ0) is 12.8. The van der Waals surface area contributed by atoms with Crippen LogP contribution in [0.15, 0.2) is 5.38 Å². The highest BCUT2D eigenvalue weighted by Crippen LogP contribution is 2.11. The minimum Gasteiger partial charge on any atom is -0.393 e. The summed E-state index contributed by atoms with van der Waals surface area (Å²) in [5.74, 6) is 4.66. The van der Waals surface area contributed by atoms with Crippen LogP contribution in [0.2, 0.25) is 0 Å². The first kappa shape index (κ1) is 14.0. The molecule has 7 heteroatoms. The lowest BCUT2D eigenvalue weighted by Gasteiger charge is -2.15. The van der Waals surface area contributed by atoms with E-state index in [0.29, 0.717) is 11.6 Å². The maximum Gasteiger partial charge on any atom is 0.294 e. The van der Waals surface area contributed by atoms with Crippen LogP contribution >= 0.6 is 11.3 Å². The molecule has 96 valence electrons. The van der Waals surface area contributed by atoms with E-state index >= 15 is 0 Å². The van der Waals surface area contributed by atoms with Gasteiger partial charge in [0, 0.05) is 18.5 Å². The third-order valence-corrected chi connectivity index (χ3v) is 3.13. The molecular weight excluding hydrogens is 240 g/mol. The van der Waals surface area contributed by atoms with E-state index in [-0.39, 0.29) is 12.0 Å². The summed E-state index contributed by atoms with van der Waals surface area (Å²) >= 11 is 1.27. The summed E-state index contributed by atoms with van der Waals surface area (Å²) in [5, 5.41) is 11.4.